The first kappa shape index (κ1) is 31.4. The second kappa shape index (κ2) is 13.3. The molecule has 0 spiro atoms. The number of aromatic nitrogens is 8. The molecule has 6 rings (SSSR count). The molecular formula is C29H26N12O6. The Kier molecular flexibility index (Phi) is 8.93. The zero-order valence-corrected chi connectivity index (χ0v) is 24.5. The van der Waals surface area contributed by atoms with Gasteiger partial charge in [0, 0.05) is 18.4 Å². The van der Waals surface area contributed by atoms with Crippen molar-refractivity contribution in [3.05, 3.63) is 104 Å². The second-order valence-electron chi connectivity index (χ2n) is 9.91. The van der Waals surface area contributed by atoms with E-state index in [4.69, 9.17) is 21.7 Å². The van der Waals surface area contributed by atoms with E-state index < -0.39 is 23.1 Å². The van der Waals surface area contributed by atoms with Crippen LogP contribution in [0.4, 0.5) is 23.3 Å². The normalized spacial score (nSPS) is 10.7. The molecule has 4 heterocycles. The summed E-state index contributed by atoms with van der Waals surface area (Å²) in [5.74, 6) is -1.98. The molecule has 0 saturated carbocycles. The highest BCUT2D eigenvalue weighted by Crippen LogP contribution is 2.16. The van der Waals surface area contributed by atoms with Crippen LogP contribution in [0.3, 0.4) is 0 Å². The minimum atomic E-state index is -0.983. The molecule has 0 atom stereocenters. The molecule has 9 N–H and O–H groups in total. The van der Waals surface area contributed by atoms with Crippen molar-refractivity contribution in [3.63, 3.8) is 0 Å². The van der Waals surface area contributed by atoms with Gasteiger partial charge in [-0.05, 0) is 48.5 Å². The number of hydrogen-bond donors (Lipinski definition) is 7. The van der Waals surface area contributed by atoms with E-state index in [1.807, 2.05) is 11.9 Å². The third-order valence-corrected chi connectivity index (χ3v) is 6.53. The number of rotatable bonds is 8. The average Bonchev–Trinajstić information content (AvgIpc) is 3.04. The Morgan fingerprint density at radius 1 is 0.745 bits per heavy atom. The van der Waals surface area contributed by atoms with Crippen LogP contribution in [-0.2, 0) is 13.1 Å². The largest absolute Gasteiger partial charge is 0.478 e. The molecule has 18 heteroatoms. The van der Waals surface area contributed by atoms with E-state index in [9.17, 15) is 19.2 Å². The summed E-state index contributed by atoms with van der Waals surface area (Å²) in [5.41, 5.74) is 13.7. The molecule has 0 aliphatic heterocycles. The van der Waals surface area contributed by atoms with Gasteiger partial charge in [-0.15, -0.1) is 0 Å². The van der Waals surface area contributed by atoms with Crippen molar-refractivity contribution in [3.8, 4) is 0 Å². The summed E-state index contributed by atoms with van der Waals surface area (Å²) in [6.45, 7) is 0.707. The molecule has 0 unspecified atom stereocenters. The van der Waals surface area contributed by atoms with E-state index in [1.54, 1.807) is 24.3 Å². The molecule has 6 aromatic rings. The van der Waals surface area contributed by atoms with E-state index in [0.29, 0.717) is 24.5 Å². The quantitative estimate of drug-likeness (QED) is 0.123. The average molecular weight is 639 g/mol. The third kappa shape index (κ3) is 7.58. The Hall–Kier alpha value is -6.98. The zero-order chi connectivity index (χ0) is 33.7. The Morgan fingerprint density at radius 2 is 1.21 bits per heavy atom. The molecule has 18 nitrogen and oxygen atoms in total. The van der Waals surface area contributed by atoms with Crippen molar-refractivity contribution in [1.29, 1.82) is 0 Å². The molecule has 4 aromatic heterocycles. The molecule has 2 aromatic carbocycles. The smallest absolute Gasteiger partial charge is 0.335 e. The van der Waals surface area contributed by atoms with Crippen LogP contribution in [0.25, 0.3) is 22.3 Å². The summed E-state index contributed by atoms with van der Waals surface area (Å²) in [6.07, 6.45) is 3.02. The van der Waals surface area contributed by atoms with Gasteiger partial charge in [0.05, 0.1) is 48.0 Å². The predicted molar refractivity (Wildman–Crippen MR) is 171 cm³/mol. The first-order chi connectivity index (χ1) is 22.5. The number of fused-ring (bicyclic) bond motifs is 2. The number of aromatic amines is 2. The lowest BCUT2D eigenvalue weighted by atomic mass is 10.2. The van der Waals surface area contributed by atoms with Crippen molar-refractivity contribution >= 4 is 57.5 Å². The van der Waals surface area contributed by atoms with Gasteiger partial charge in [-0.1, -0.05) is 0 Å². The van der Waals surface area contributed by atoms with Crippen LogP contribution in [0, 0.1) is 0 Å². The number of carboxylic acid groups (broad SMARTS) is 2. The molecular weight excluding hydrogens is 612 g/mol. The van der Waals surface area contributed by atoms with Gasteiger partial charge in [0.25, 0.3) is 11.1 Å². The van der Waals surface area contributed by atoms with Gasteiger partial charge >= 0.3 is 11.9 Å². The highest BCUT2D eigenvalue weighted by molar-refractivity contribution is 5.88. The number of carbonyl (C=O) groups is 2. The number of nitrogens with two attached hydrogens (primary N) is 2. The minimum Gasteiger partial charge on any atom is -0.478 e. The highest BCUT2D eigenvalue weighted by Gasteiger charge is 2.11. The van der Waals surface area contributed by atoms with E-state index in [0.717, 1.165) is 11.4 Å². The number of hydrogen-bond acceptors (Lipinski definition) is 14. The van der Waals surface area contributed by atoms with Gasteiger partial charge in [-0.25, -0.2) is 29.5 Å². The second-order valence-corrected chi connectivity index (χ2v) is 9.91. The maximum atomic E-state index is 11.9. The van der Waals surface area contributed by atoms with Gasteiger partial charge in [0.15, 0.2) is 22.3 Å². The van der Waals surface area contributed by atoms with E-state index in [1.165, 1.54) is 36.7 Å². The number of nitrogens with zero attached hydrogens (tertiary/aromatic N) is 7. The summed E-state index contributed by atoms with van der Waals surface area (Å²) < 4.78 is 0. The maximum Gasteiger partial charge on any atom is 0.335 e. The zero-order valence-electron chi connectivity index (χ0n) is 24.5. The van der Waals surface area contributed by atoms with E-state index in [-0.39, 0.29) is 45.4 Å². The van der Waals surface area contributed by atoms with Gasteiger partial charge < -0.3 is 31.9 Å². The SMILES string of the molecule is CN(Cc1cnc2nc(N)[nH]c(=O)c2n1)c1ccc(C(=O)O)cc1.Nc1nc2ncc(CNc3ccc(C(=O)O)cc3)nc2c(=O)[nH]1. The van der Waals surface area contributed by atoms with Crippen molar-refractivity contribution in [2.45, 2.75) is 13.1 Å². The molecule has 0 aliphatic carbocycles. The van der Waals surface area contributed by atoms with Crippen molar-refractivity contribution < 1.29 is 19.8 Å². The van der Waals surface area contributed by atoms with Gasteiger partial charge in [0.2, 0.25) is 11.9 Å². The maximum absolute atomic E-state index is 11.9. The number of nitrogens with one attached hydrogen (secondary N) is 3. The van der Waals surface area contributed by atoms with Gasteiger partial charge in [0.1, 0.15) is 0 Å². The van der Waals surface area contributed by atoms with Crippen LogP contribution < -0.4 is 32.8 Å². The molecule has 0 fully saturated rings. The Labute approximate surface area is 263 Å². The highest BCUT2D eigenvalue weighted by atomic mass is 16.4. The minimum absolute atomic E-state index is 0.00908. The lowest BCUT2D eigenvalue weighted by Gasteiger charge is -2.18. The molecule has 0 amide bonds. The summed E-state index contributed by atoms with van der Waals surface area (Å²) >= 11 is 0. The number of H-pyrrole nitrogens is 2. The molecule has 0 aliphatic rings. The number of nitrogen functional groups attached to an aromatic ring is 2. The molecule has 0 saturated heterocycles. The van der Waals surface area contributed by atoms with Crippen LogP contribution >= 0.6 is 0 Å². The first-order valence-corrected chi connectivity index (χ1v) is 13.6. The van der Waals surface area contributed by atoms with Gasteiger partial charge in [-0.2, -0.15) is 9.97 Å². The fraction of sp³-hybridized carbons (Fsp3) is 0.103. The molecule has 238 valence electrons. The Morgan fingerprint density at radius 3 is 1.72 bits per heavy atom. The fourth-order valence-corrected chi connectivity index (χ4v) is 4.22. The van der Waals surface area contributed by atoms with Crippen molar-refractivity contribution in [2.75, 3.05) is 28.7 Å². The number of aromatic carboxylic acids is 2. The summed E-state index contributed by atoms with van der Waals surface area (Å²) in [4.78, 5) is 76.3. The summed E-state index contributed by atoms with van der Waals surface area (Å²) in [6, 6.07) is 12.7. The summed E-state index contributed by atoms with van der Waals surface area (Å²) in [5, 5.41) is 20.8. The first-order valence-electron chi connectivity index (χ1n) is 13.6. The van der Waals surface area contributed by atoms with Crippen molar-refractivity contribution in [2.24, 2.45) is 0 Å². The number of carboxylic acids is 2. The Balaban J connectivity index is 0.000000185. The summed E-state index contributed by atoms with van der Waals surface area (Å²) in [7, 11) is 1.83. The van der Waals surface area contributed by atoms with E-state index >= 15 is 0 Å². The monoisotopic (exact) mass is 638 g/mol. The van der Waals surface area contributed by atoms with Crippen molar-refractivity contribution in [1.82, 2.24) is 39.9 Å². The van der Waals surface area contributed by atoms with Crippen LogP contribution in [0.5, 0.6) is 0 Å². The molecule has 47 heavy (non-hydrogen) atoms. The van der Waals surface area contributed by atoms with Crippen LogP contribution in [-0.4, -0.2) is 69.1 Å². The lowest BCUT2D eigenvalue weighted by Crippen LogP contribution is -2.19. The van der Waals surface area contributed by atoms with Gasteiger partial charge in [-0.3, -0.25) is 19.6 Å². The van der Waals surface area contributed by atoms with Crippen LogP contribution in [0.15, 0.2) is 70.5 Å². The lowest BCUT2D eigenvalue weighted by molar-refractivity contribution is 0.0686. The standard InChI is InChI=1S/C15H14N6O3.C14H12N6O3/c1-21(10-4-2-8(3-5-10)14(23)24)7-9-6-17-12-11(18-9)13(22)20-15(16)19-12;15-14-19-11-10(12(21)20-14)18-9(6-17-11)5-16-8-3-1-7(2-4-8)13(22)23/h2-6H,7H2,1H3,(H,23,24)(H3,16,17,19,20,22);1-4,6,16H,5H2,(H,22,23)(H3,15,17,19,20,21). The van der Waals surface area contributed by atoms with E-state index in [2.05, 4.69) is 45.2 Å². The predicted octanol–water partition coefficient (Wildman–Crippen LogP) is 1.24. The number of anilines is 4. The number of benzene rings is 2. The van der Waals surface area contributed by atoms with Crippen LogP contribution in [0.1, 0.15) is 32.1 Å². The topological polar surface area (TPSA) is 285 Å². The molecule has 0 radical (unpaired) electrons. The molecule has 0 bridgehead atoms. The van der Waals surface area contributed by atoms with Crippen LogP contribution in [0.2, 0.25) is 0 Å². The third-order valence-electron chi connectivity index (χ3n) is 6.53. The Bertz CT molecular complexity index is 2220. The fourth-order valence-electron chi connectivity index (χ4n) is 4.22.